The van der Waals surface area contributed by atoms with Gasteiger partial charge in [-0.15, -0.1) is 11.3 Å². The Balaban J connectivity index is 1.69. The molecule has 1 N–H and O–H groups in total. The smallest absolute Gasteiger partial charge is 0.339 e. The fourth-order valence-corrected chi connectivity index (χ4v) is 3.20. The van der Waals surface area contributed by atoms with E-state index in [2.05, 4.69) is 4.98 Å². The zero-order valence-corrected chi connectivity index (χ0v) is 13.5. The molecule has 0 saturated heterocycles. The monoisotopic (exact) mass is 333 g/mol. The minimum Gasteiger partial charge on any atom is -0.478 e. The van der Waals surface area contributed by atoms with Crippen LogP contribution >= 0.6 is 11.3 Å². The number of carbonyl (C=O) groups is 2. The van der Waals surface area contributed by atoms with Gasteiger partial charge in [0.05, 0.1) is 13.0 Å². The normalized spacial score (nSPS) is 11.0. The van der Waals surface area contributed by atoms with Gasteiger partial charge in [-0.05, 0) is 13.0 Å². The molecule has 120 valence electrons. The summed E-state index contributed by atoms with van der Waals surface area (Å²) in [4.78, 5) is 29.9. The maximum absolute atomic E-state index is 12.3. The van der Waals surface area contributed by atoms with E-state index >= 15 is 0 Å². The van der Waals surface area contributed by atoms with E-state index in [9.17, 15) is 9.59 Å². The van der Waals surface area contributed by atoms with Crippen molar-refractivity contribution in [1.29, 1.82) is 0 Å². The van der Waals surface area contributed by atoms with Crippen molar-refractivity contribution in [3.8, 4) is 0 Å². The van der Waals surface area contributed by atoms with Crippen molar-refractivity contribution >= 4 is 28.2 Å². The Bertz CT molecular complexity index is 876. The third-order valence-corrected chi connectivity index (χ3v) is 4.47. The van der Waals surface area contributed by atoms with Crippen LogP contribution in [0.15, 0.2) is 28.3 Å². The minimum absolute atomic E-state index is 0.0793. The Kier molecular flexibility index (Phi) is 3.91. The molecule has 3 heterocycles. The molecule has 0 aliphatic rings. The molecule has 3 aromatic rings. The summed E-state index contributed by atoms with van der Waals surface area (Å²) in [6.45, 7) is 1.82. The third kappa shape index (κ3) is 2.98. The van der Waals surface area contributed by atoms with Crippen molar-refractivity contribution in [2.45, 2.75) is 19.9 Å². The highest BCUT2D eigenvalue weighted by Crippen LogP contribution is 2.18. The summed E-state index contributed by atoms with van der Waals surface area (Å²) < 4.78 is 7.29. The van der Waals surface area contributed by atoms with E-state index in [4.69, 9.17) is 9.52 Å². The van der Waals surface area contributed by atoms with E-state index in [1.807, 2.05) is 16.0 Å². The molecule has 1 amide bonds. The van der Waals surface area contributed by atoms with Gasteiger partial charge < -0.3 is 14.4 Å². The topological polar surface area (TPSA) is 88.0 Å². The highest BCUT2D eigenvalue weighted by Gasteiger charge is 2.18. The highest BCUT2D eigenvalue weighted by molar-refractivity contribution is 7.15. The summed E-state index contributed by atoms with van der Waals surface area (Å²) in [5, 5.41) is 10.9. The number of likely N-dealkylation sites (N-methyl/N-ethyl adjacent to an activating group) is 1. The number of carboxylic acids is 1. The van der Waals surface area contributed by atoms with E-state index in [1.165, 1.54) is 22.3 Å². The van der Waals surface area contributed by atoms with E-state index in [-0.39, 0.29) is 24.4 Å². The molecule has 0 radical (unpaired) electrons. The van der Waals surface area contributed by atoms with Crippen molar-refractivity contribution < 1.29 is 19.1 Å². The first-order valence-electron chi connectivity index (χ1n) is 6.91. The predicted molar refractivity (Wildman–Crippen MR) is 83.7 cm³/mol. The number of nitrogens with zero attached hydrogens (tertiary/aromatic N) is 3. The Hall–Kier alpha value is -2.61. The number of amides is 1. The first-order valence-corrected chi connectivity index (χ1v) is 7.79. The van der Waals surface area contributed by atoms with Crippen molar-refractivity contribution in [3.63, 3.8) is 0 Å². The third-order valence-electron chi connectivity index (χ3n) is 3.57. The molecule has 0 aromatic carbocycles. The molecule has 0 aliphatic carbocycles. The zero-order valence-electron chi connectivity index (χ0n) is 12.6. The van der Waals surface area contributed by atoms with Crippen LogP contribution in [0, 0.1) is 6.92 Å². The molecule has 0 unspecified atom stereocenters. The predicted octanol–water partition coefficient (Wildman–Crippen LogP) is 2.20. The van der Waals surface area contributed by atoms with Gasteiger partial charge >= 0.3 is 5.97 Å². The lowest BCUT2D eigenvalue weighted by molar-refractivity contribution is -0.130. The lowest BCUT2D eigenvalue weighted by Crippen LogP contribution is -2.27. The van der Waals surface area contributed by atoms with Crippen LogP contribution < -0.4 is 0 Å². The van der Waals surface area contributed by atoms with Gasteiger partial charge in [-0.25, -0.2) is 9.78 Å². The number of furan rings is 1. The molecule has 3 aromatic heterocycles. The number of carbonyl (C=O) groups excluding carboxylic acids is 1. The number of rotatable bonds is 5. The van der Waals surface area contributed by atoms with Gasteiger partial charge in [-0.2, -0.15) is 0 Å². The Morgan fingerprint density at radius 3 is 2.96 bits per heavy atom. The molecule has 0 aliphatic heterocycles. The fraction of sp³-hybridized carbons (Fsp3) is 0.267. The molecule has 0 spiro atoms. The maximum atomic E-state index is 12.3. The van der Waals surface area contributed by atoms with Crippen LogP contribution in [-0.4, -0.2) is 38.3 Å². The van der Waals surface area contributed by atoms with E-state index in [0.717, 1.165) is 10.7 Å². The number of fused-ring (bicyclic) bond motifs is 1. The van der Waals surface area contributed by atoms with E-state index in [1.54, 1.807) is 20.2 Å². The second kappa shape index (κ2) is 5.88. The van der Waals surface area contributed by atoms with Crippen LogP contribution in [0.1, 0.15) is 27.6 Å². The number of aryl methyl sites for hydroxylation is 1. The van der Waals surface area contributed by atoms with Crippen LogP contribution in [0.2, 0.25) is 0 Å². The number of imidazole rings is 1. The summed E-state index contributed by atoms with van der Waals surface area (Å²) in [5.41, 5.74) is 1.00. The van der Waals surface area contributed by atoms with Crippen LogP contribution in [0.5, 0.6) is 0 Å². The standard InChI is InChI=1S/C15H15N3O4S/c1-9-12(14(20)21)6-11(22-9)7-17(2)13(19)5-10-8-23-15-16-3-4-18(10)15/h3-4,6,8H,5,7H2,1-2H3,(H,20,21). The van der Waals surface area contributed by atoms with Gasteiger partial charge in [0.15, 0.2) is 4.96 Å². The van der Waals surface area contributed by atoms with Gasteiger partial charge in [-0.1, -0.05) is 0 Å². The molecule has 3 rings (SSSR count). The first kappa shape index (κ1) is 15.3. The van der Waals surface area contributed by atoms with Crippen molar-refractivity contribution in [3.05, 3.63) is 46.6 Å². The van der Waals surface area contributed by atoms with Crippen molar-refractivity contribution in [2.24, 2.45) is 0 Å². The van der Waals surface area contributed by atoms with E-state index < -0.39 is 5.97 Å². The largest absolute Gasteiger partial charge is 0.478 e. The molecule has 7 nitrogen and oxygen atoms in total. The molecular weight excluding hydrogens is 318 g/mol. The quantitative estimate of drug-likeness (QED) is 0.773. The molecule has 23 heavy (non-hydrogen) atoms. The maximum Gasteiger partial charge on any atom is 0.339 e. The lowest BCUT2D eigenvalue weighted by Gasteiger charge is -2.15. The molecule has 0 fully saturated rings. The molecule has 8 heteroatoms. The number of carboxylic acid groups (broad SMARTS) is 1. The van der Waals surface area contributed by atoms with Gasteiger partial charge in [-0.3, -0.25) is 9.20 Å². The molecular formula is C15H15N3O4S. The van der Waals surface area contributed by atoms with E-state index in [0.29, 0.717) is 11.5 Å². The summed E-state index contributed by atoms with van der Waals surface area (Å²) in [7, 11) is 1.66. The summed E-state index contributed by atoms with van der Waals surface area (Å²) in [5.74, 6) is -0.322. The molecule has 0 bridgehead atoms. The van der Waals surface area contributed by atoms with Gasteiger partial charge in [0.1, 0.15) is 17.1 Å². The van der Waals surface area contributed by atoms with Crippen LogP contribution in [0.4, 0.5) is 0 Å². The van der Waals surface area contributed by atoms with Gasteiger partial charge in [0, 0.05) is 30.5 Å². The number of hydrogen-bond donors (Lipinski definition) is 1. The van der Waals surface area contributed by atoms with Gasteiger partial charge in [0.25, 0.3) is 0 Å². The average molecular weight is 333 g/mol. The lowest BCUT2D eigenvalue weighted by atomic mass is 10.2. The SMILES string of the molecule is Cc1oc(CN(C)C(=O)Cc2csc3nccn23)cc1C(=O)O. The highest BCUT2D eigenvalue weighted by atomic mass is 32.1. The van der Waals surface area contributed by atoms with Crippen LogP contribution in [0.25, 0.3) is 4.96 Å². The number of aromatic nitrogens is 2. The number of hydrogen-bond acceptors (Lipinski definition) is 5. The average Bonchev–Trinajstić information content (AvgIpc) is 3.16. The number of thiazole rings is 1. The Morgan fingerprint density at radius 2 is 2.26 bits per heavy atom. The summed E-state index contributed by atoms with van der Waals surface area (Å²) in [6.07, 6.45) is 3.77. The fourth-order valence-electron chi connectivity index (χ4n) is 2.35. The minimum atomic E-state index is -1.03. The second-order valence-electron chi connectivity index (χ2n) is 5.22. The Labute approximate surface area is 135 Å². The Morgan fingerprint density at radius 1 is 1.48 bits per heavy atom. The van der Waals surface area contributed by atoms with Crippen LogP contribution in [0.3, 0.4) is 0 Å². The molecule has 0 saturated carbocycles. The van der Waals surface area contributed by atoms with Gasteiger partial charge in [0.2, 0.25) is 5.91 Å². The molecule has 0 atom stereocenters. The van der Waals surface area contributed by atoms with Crippen molar-refractivity contribution in [2.75, 3.05) is 7.05 Å². The summed E-state index contributed by atoms with van der Waals surface area (Å²) in [6, 6.07) is 1.46. The van der Waals surface area contributed by atoms with Crippen molar-refractivity contribution in [1.82, 2.24) is 14.3 Å². The summed E-state index contributed by atoms with van der Waals surface area (Å²) >= 11 is 1.48. The number of aromatic carboxylic acids is 1. The first-order chi connectivity index (χ1) is 11.0. The second-order valence-corrected chi connectivity index (χ2v) is 6.06. The van der Waals surface area contributed by atoms with Crippen LogP contribution in [-0.2, 0) is 17.8 Å². The zero-order chi connectivity index (χ0) is 16.6.